The molecule has 0 atom stereocenters. The lowest BCUT2D eigenvalue weighted by molar-refractivity contribution is 0.0374. The Bertz CT molecular complexity index is 1200. The lowest BCUT2D eigenvalue weighted by Crippen LogP contribution is -2.38. The van der Waals surface area contributed by atoms with Crippen LogP contribution in [0.1, 0.15) is 16.8 Å². The number of aromatic nitrogens is 2. The summed E-state index contributed by atoms with van der Waals surface area (Å²) in [6, 6.07) is 15.4. The van der Waals surface area contributed by atoms with Crippen LogP contribution in [0.15, 0.2) is 58.4 Å². The van der Waals surface area contributed by atoms with Gasteiger partial charge in [-0.3, -0.25) is 9.69 Å². The van der Waals surface area contributed by atoms with Crippen LogP contribution >= 0.6 is 11.3 Å². The second-order valence-corrected chi connectivity index (χ2v) is 8.57. The molecule has 1 saturated heterocycles. The molecule has 164 valence electrons. The molecule has 0 unspecified atom stereocenters. The van der Waals surface area contributed by atoms with Gasteiger partial charge in [-0.05, 0) is 31.2 Å². The summed E-state index contributed by atoms with van der Waals surface area (Å²) in [6.07, 6.45) is 0.910. The molecule has 1 fully saturated rings. The van der Waals surface area contributed by atoms with Crippen molar-refractivity contribution in [1.29, 1.82) is 0 Å². The van der Waals surface area contributed by atoms with Gasteiger partial charge in [0.15, 0.2) is 5.58 Å². The lowest BCUT2D eigenvalue weighted by Gasteiger charge is -2.26. The number of morpholine rings is 1. The average Bonchev–Trinajstić information content (AvgIpc) is 3.50. The molecule has 0 aliphatic carbocycles. The van der Waals surface area contributed by atoms with Gasteiger partial charge in [-0.1, -0.05) is 35.5 Å². The number of amides is 1. The van der Waals surface area contributed by atoms with Crippen LogP contribution in [0.4, 0.5) is 0 Å². The molecule has 3 heterocycles. The van der Waals surface area contributed by atoms with Crippen LogP contribution < -0.4 is 5.32 Å². The summed E-state index contributed by atoms with van der Waals surface area (Å²) in [5.41, 5.74) is 3.69. The normalized spacial score (nSPS) is 14.6. The third-order valence-electron chi connectivity index (χ3n) is 5.54. The van der Waals surface area contributed by atoms with Gasteiger partial charge in [0, 0.05) is 36.1 Å². The molecule has 1 N–H and O–H groups in total. The van der Waals surface area contributed by atoms with Crippen LogP contribution in [0.2, 0.25) is 0 Å². The Kier molecular flexibility index (Phi) is 6.24. The van der Waals surface area contributed by atoms with E-state index in [1.165, 1.54) is 0 Å². The average molecular weight is 449 g/mol. The quantitative estimate of drug-likeness (QED) is 0.429. The summed E-state index contributed by atoms with van der Waals surface area (Å²) in [4.78, 5) is 19.8. The van der Waals surface area contributed by atoms with Crippen LogP contribution in [-0.2, 0) is 4.74 Å². The van der Waals surface area contributed by atoms with E-state index in [0.29, 0.717) is 23.4 Å². The highest BCUT2D eigenvalue weighted by Gasteiger charge is 2.17. The molecule has 4 aromatic rings. The molecule has 32 heavy (non-hydrogen) atoms. The van der Waals surface area contributed by atoms with E-state index >= 15 is 0 Å². The van der Waals surface area contributed by atoms with Gasteiger partial charge in [0.2, 0.25) is 0 Å². The van der Waals surface area contributed by atoms with Crippen molar-refractivity contribution in [2.75, 3.05) is 39.4 Å². The molecule has 0 saturated carbocycles. The van der Waals surface area contributed by atoms with E-state index in [9.17, 15) is 4.79 Å². The van der Waals surface area contributed by atoms with Crippen LogP contribution in [0.5, 0.6) is 0 Å². The van der Waals surface area contributed by atoms with Crippen molar-refractivity contribution < 1.29 is 14.1 Å². The van der Waals surface area contributed by atoms with Gasteiger partial charge < -0.3 is 14.6 Å². The maximum absolute atomic E-state index is 12.7. The molecule has 0 spiro atoms. The Morgan fingerprint density at radius 2 is 1.97 bits per heavy atom. The van der Waals surface area contributed by atoms with Crippen molar-refractivity contribution in [2.45, 2.75) is 6.42 Å². The number of hydrogen-bond donors (Lipinski definition) is 1. The second kappa shape index (κ2) is 9.60. The summed E-state index contributed by atoms with van der Waals surface area (Å²) < 4.78 is 10.9. The third kappa shape index (κ3) is 4.57. The SMILES string of the molecule is O=C(NCCCN1CCOCC1)c1ccc2onc(-c3csc(-c4ccccc4)n3)c2c1. The number of ether oxygens (including phenoxy) is 1. The third-order valence-corrected chi connectivity index (χ3v) is 6.43. The first-order valence-electron chi connectivity index (χ1n) is 10.8. The van der Waals surface area contributed by atoms with E-state index in [2.05, 4.69) is 15.4 Å². The fraction of sp³-hybridized carbons (Fsp3) is 0.292. The van der Waals surface area contributed by atoms with Crippen LogP contribution in [0, 0.1) is 0 Å². The van der Waals surface area contributed by atoms with Crippen LogP contribution in [0.3, 0.4) is 0 Å². The largest absolute Gasteiger partial charge is 0.379 e. The molecule has 0 bridgehead atoms. The zero-order chi connectivity index (χ0) is 21.8. The first-order chi connectivity index (χ1) is 15.8. The standard InChI is InChI=1S/C24H24N4O3S/c29-23(25-9-4-10-28-11-13-30-14-12-28)18-7-8-21-19(15-18)22(27-31-21)20-16-32-24(26-20)17-5-2-1-3-6-17/h1-3,5-8,15-16H,4,9-14H2,(H,25,29). The van der Waals surface area contributed by atoms with Gasteiger partial charge in [0.1, 0.15) is 16.4 Å². The number of nitrogens with one attached hydrogen (secondary N) is 1. The van der Waals surface area contributed by atoms with E-state index in [-0.39, 0.29) is 5.91 Å². The molecule has 1 aliphatic heterocycles. The Balaban J connectivity index is 1.27. The van der Waals surface area contributed by atoms with Crippen LogP contribution in [-0.4, -0.2) is 60.3 Å². The molecule has 0 radical (unpaired) electrons. The van der Waals surface area contributed by atoms with E-state index in [0.717, 1.165) is 60.9 Å². The van der Waals surface area contributed by atoms with Gasteiger partial charge in [-0.15, -0.1) is 11.3 Å². The Morgan fingerprint density at radius 3 is 2.81 bits per heavy atom. The van der Waals surface area contributed by atoms with Crippen molar-refractivity contribution >= 4 is 28.2 Å². The van der Waals surface area contributed by atoms with Gasteiger partial charge in [0.05, 0.1) is 18.6 Å². The molecule has 8 heteroatoms. The summed E-state index contributed by atoms with van der Waals surface area (Å²) >= 11 is 1.56. The predicted octanol–water partition coefficient (Wildman–Crippen LogP) is 4.07. The molecule has 7 nitrogen and oxygen atoms in total. The van der Waals surface area contributed by atoms with Crippen molar-refractivity contribution in [3.05, 3.63) is 59.5 Å². The molecule has 2 aromatic carbocycles. The first-order valence-corrected chi connectivity index (χ1v) is 11.6. The van der Waals surface area contributed by atoms with Crippen LogP contribution in [0.25, 0.3) is 32.9 Å². The molecular weight excluding hydrogens is 424 g/mol. The minimum Gasteiger partial charge on any atom is -0.379 e. The topological polar surface area (TPSA) is 80.5 Å². The molecule has 1 aliphatic rings. The minimum absolute atomic E-state index is 0.0933. The maximum Gasteiger partial charge on any atom is 0.251 e. The zero-order valence-electron chi connectivity index (χ0n) is 17.6. The minimum atomic E-state index is -0.0933. The smallest absolute Gasteiger partial charge is 0.251 e. The van der Waals surface area contributed by atoms with E-state index in [4.69, 9.17) is 14.2 Å². The molecule has 5 rings (SSSR count). The van der Waals surface area contributed by atoms with E-state index in [1.807, 2.05) is 41.8 Å². The number of rotatable bonds is 7. The number of carbonyl (C=O) groups is 1. The molecular formula is C24H24N4O3S. The number of fused-ring (bicyclic) bond motifs is 1. The highest BCUT2D eigenvalue weighted by atomic mass is 32.1. The lowest BCUT2D eigenvalue weighted by atomic mass is 10.1. The number of nitrogens with zero attached hydrogens (tertiary/aromatic N) is 3. The van der Waals surface area contributed by atoms with Crippen molar-refractivity contribution in [3.8, 4) is 22.0 Å². The summed E-state index contributed by atoms with van der Waals surface area (Å²) in [6.45, 7) is 5.11. The van der Waals surface area contributed by atoms with Crippen molar-refractivity contribution in [1.82, 2.24) is 20.4 Å². The Labute approximate surface area is 190 Å². The van der Waals surface area contributed by atoms with Gasteiger partial charge in [0.25, 0.3) is 5.91 Å². The maximum atomic E-state index is 12.7. The Morgan fingerprint density at radius 1 is 1.12 bits per heavy atom. The highest BCUT2D eigenvalue weighted by molar-refractivity contribution is 7.13. The monoisotopic (exact) mass is 448 g/mol. The molecule has 1 amide bonds. The zero-order valence-corrected chi connectivity index (χ0v) is 18.4. The van der Waals surface area contributed by atoms with Gasteiger partial charge in [-0.25, -0.2) is 4.98 Å². The first kappa shape index (κ1) is 20.8. The highest BCUT2D eigenvalue weighted by Crippen LogP contribution is 2.32. The van der Waals surface area contributed by atoms with Crippen molar-refractivity contribution in [2.24, 2.45) is 0 Å². The number of thiazole rings is 1. The Hall–Kier alpha value is -3.07. The summed E-state index contributed by atoms with van der Waals surface area (Å²) in [5.74, 6) is -0.0933. The number of hydrogen-bond acceptors (Lipinski definition) is 7. The summed E-state index contributed by atoms with van der Waals surface area (Å²) in [5, 5.41) is 10.9. The van der Waals surface area contributed by atoms with Gasteiger partial charge >= 0.3 is 0 Å². The number of benzene rings is 2. The fourth-order valence-corrected chi connectivity index (χ4v) is 4.60. The van der Waals surface area contributed by atoms with E-state index in [1.54, 1.807) is 23.5 Å². The van der Waals surface area contributed by atoms with Crippen molar-refractivity contribution in [3.63, 3.8) is 0 Å². The fourth-order valence-electron chi connectivity index (χ4n) is 3.79. The predicted molar refractivity (Wildman–Crippen MR) is 125 cm³/mol. The number of carbonyl (C=O) groups excluding carboxylic acids is 1. The van der Waals surface area contributed by atoms with E-state index < -0.39 is 0 Å². The second-order valence-electron chi connectivity index (χ2n) is 7.71. The molecule has 2 aromatic heterocycles. The van der Waals surface area contributed by atoms with Gasteiger partial charge in [-0.2, -0.15) is 0 Å². The summed E-state index contributed by atoms with van der Waals surface area (Å²) in [7, 11) is 0.